The summed E-state index contributed by atoms with van der Waals surface area (Å²) in [4.78, 5) is 15.4. The van der Waals surface area contributed by atoms with Gasteiger partial charge in [-0.1, -0.05) is 43.5 Å². The van der Waals surface area contributed by atoms with Gasteiger partial charge >= 0.3 is 6.03 Å². The lowest BCUT2D eigenvalue weighted by Gasteiger charge is -2.22. The largest absolute Gasteiger partial charge is 0.360 e. The van der Waals surface area contributed by atoms with Gasteiger partial charge in [0.25, 0.3) is 10.0 Å². The first-order valence-corrected chi connectivity index (χ1v) is 13.6. The first-order valence-electron chi connectivity index (χ1n) is 11.2. The smallest absolute Gasteiger partial charge is 0.326 e. The number of urea groups is 1. The van der Waals surface area contributed by atoms with Gasteiger partial charge in [0.05, 0.1) is 10.6 Å². The number of nitrogens with zero attached hydrogens (tertiary/aromatic N) is 2. The van der Waals surface area contributed by atoms with Crippen LogP contribution >= 0.6 is 11.3 Å². The number of benzene rings is 2. The lowest BCUT2D eigenvalue weighted by atomic mass is 9.84. The van der Waals surface area contributed by atoms with Crippen LogP contribution in [0.15, 0.2) is 65.0 Å². The fourth-order valence-corrected chi connectivity index (χ4v) is 5.78. The standard InChI is InChI=1S/C25H25N5O3S2/c26-14-20(15-28-21-10-12-22(13-11-21)35(32,33)30-25(27)31)24-29-23(16-34-24)19-8-6-18(7-9-19)17-4-2-1-3-5-17/h6-13,15-17,28H,1-5H2,(H3,27,30,31). The molecule has 8 nitrogen and oxygen atoms in total. The Morgan fingerprint density at radius 3 is 2.40 bits per heavy atom. The van der Waals surface area contributed by atoms with E-state index in [4.69, 9.17) is 5.73 Å². The van der Waals surface area contributed by atoms with E-state index in [1.807, 2.05) is 5.38 Å². The summed E-state index contributed by atoms with van der Waals surface area (Å²) < 4.78 is 25.7. The Kier molecular flexibility index (Phi) is 7.48. The summed E-state index contributed by atoms with van der Waals surface area (Å²) in [5, 5.41) is 15.1. The van der Waals surface area contributed by atoms with Gasteiger partial charge in [0.2, 0.25) is 0 Å². The van der Waals surface area contributed by atoms with Crippen molar-refractivity contribution in [2.45, 2.75) is 42.9 Å². The van der Waals surface area contributed by atoms with E-state index in [1.165, 1.54) is 79.5 Å². The number of anilines is 1. The molecule has 35 heavy (non-hydrogen) atoms. The Hall–Kier alpha value is -3.68. The number of hydrogen-bond acceptors (Lipinski definition) is 7. The Balaban J connectivity index is 1.44. The summed E-state index contributed by atoms with van der Waals surface area (Å²) in [5.41, 5.74) is 9.02. The van der Waals surface area contributed by atoms with Crippen LogP contribution in [0.25, 0.3) is 16.8 Å². The maximum Gasteiger partial charge on any atom is 0.326 e. The highest BCUT2D eigenvalue weighted by molar-refractivity contribution is 7.90. The van der Waals surface area contributed by atoms with Gasteiger partial charge in [-0.05, 0) is 48.6 Å². The van der Waals surface area contributed by atoms with Gasteiger partial charge in [-0.15, -0.1) is 11.3 Å². The van der Waals surface area contributed by atoms with Crippen molar-refractivity contribution in [1.29, 1.82) is 5.26 Å². The van der Waals surface area contributed by atoms with E-state index in [-0.39, 0.29) is 4.90 Å². The summed E-state index contributed by atoms with van der Waals surface area (Å²) >= 11 is 1.38. The van der Waals surface area contributed by atoms with Gasteiger partial charge in [0, 0.05) is 22.8 Å². The number of thiazole rings is 1. The molecule has 1 aromatic heterocycles. The molecule has 2 aromatic carbocycles. The number of hydrogen-bond donors (Lipinski definition) is 3. The summed E-state index contributed by atoms with van der Waals surface area (Å²) in [5.74, 6) is 0.650. The maximum atomic E-state index is 12.0. The third-order valence-electron chi connectivity index (χ3n) is 5.92. The second kappa shape index (κ2) is 10.7. The number of amides is 2. The number of nitrogens with one attached hydrogen (secondary N) is 2. The molecule has 3 aromatic rings. The molecule has 0 bridgehead atoms. The highest BCUT2D eigenvalue weighted by Gasteiger charge is 2.17. The lowest BCUT2D eigenvalue weighted by Crippen LogP contribution is -2.34. The number of carbonyl (C=O) groups excluding carboxylic acids is 1. The zero-order valence-electron chi connectivity index (χ0n) is 18.9. The highest BCUT2D eigenvalue weighted by atomic mass is 32.2. The molecular formula is C25H25N5O3S2. The fraction of sp³-hybridized carbons (Fsp3) is 0.240. The number of allylic oxidation sites excluding steroid dienone is 1. The van der Waals surface area contributed by atoms with Crippen molar-refractivity contribution in [3.8, 4) is 17.3 Å². The summed E-state index contributed by atoms with van der Waals surface area (Å²) in [6.07, 6.45) is 7.98. The highest BCUT2D eigenvalue weighted by Crippen LogP contribution is 2.34. The number of carbonyl (C=O) groups is 1. The van der Waals surface area contributed by atoms with E-state index in [1.54, 1.807) is 4.72 Å². The van der Waals surface area contributed by atoms with E-state index in [0.29, 0.717) is 22.2 Å². The van der Waals surface area contributed by atoms with Gasteiger partial charge in [0.15, 0.2) is 0 Å². The summed E-state index contributed by atoms with van der Waals surface area (Å²) in [7, 11) is -4.02. The Bertz CT molecular complexity index is 1370. The van der Waals surface area contributed by atoms with Crippen molar-refractivity contribution in [1.82, 2.24) is 9.71 Å². The van der Waals surface area contributed by atoms with Crippen molar-refractivity contribution in [3.05, 3.63) is 70.7 Å². The van der Waals surface area contributed by atoms with Crippen LogP contribution in [0.3, 0.4) is 0 Å². The lowest BCUT2D eigenvalue weighted by molar-refractivity contribution is 0.253. The van der Waals surface area contributed by atoms with E-state index in [2.05, 4.69) is 40.6 Å². The predicted octanol–water partition coefficient (Wildman–Crippen LogP) is 5.19. The van der Waals surface area contributed by atoms with Crippen molar-refractivity contribution in [3.63, 3.8) is 0 Å². The maximum absolute atomic E-state index is 12.0. The number of nitriles is 1. The zero-order chi connectivity index (χ0) is 24.8. The first kappa shape index (κ1) is 24.4. The van der Waals surface area contributed by atoms with Crippen LogP contribution in [0.5, 0.6) is 0 Å². The van der Waals surface area contributed by atoms with Crippen LogP contribution in [0.1, 0.15) is 48.6 Å². The van der Waals surface area contributed by atoms with Gasteiger partial charge < -0.3 is 11.1 Å². The van der Waals surface area contributed by atoms with Crippen LogP contribution in [0.4, 0.5) is 10.5 Å². The summed E-state index contributed by atoms with van der Waals surface area (Å²) in [6, 6.07) is 15.3. The number of aromatic nitrogens is 1. The molecular weight excluding hydrogens is 482 g/mol. The molecule has 0 spiro atoms. The Labute approximate surface area is 208 Å². The minimum absolute atomic E-state index is 0.106. The molecule has 180 valence electrons. The average Bonchev–Trinajstić information content (AvgIpc) is 3.35. The zero-order valence-corrected chi connectivity index (χ0v) is 20.5. The molecule has 10 heteroatoms. The molecule has 1 aliphatic carbocycles. The molecule has 2 amide bonds. The topological polar surface area (TPSA) is 138 Å². The summed E-state index contributed by atoms with van der Waals surface area (Å²) in [6.45, 7) is 0. The second-order valence-electron chi connectivity index (χ2n) is 8.30. The number of primary amides is 1. The van der Waals surface area contributed by atoms with Crippen LogP contribution in [0.2, 0.25) is 0 Å². The minimum Gasteiger partial charge on any atom is -0.360 e. The van der Waals surface area contributed by atoms with E-state index < -0.39 is 16.1 Å². The van der Waals surface area contributed by atoms with Crippen molar-refractivity contribution < 1.29 is 13.2 Å². The number of sulfonamides is 1. The number of nitrogens with two attached hydrogens (primary N) is 1. The average molecular weight is 508 g/mol. The SMILES string of the molecule is N#CC(=CNc1ccc(S(=O)(=O)NC(N)=O)cc1)c1nc(-c2ccc(C3CCCCC3)cc2)cs1. The fourth-order valence-electron chi connectivity index (χ4n) is 4.11. The Morgan fingerprint density at radius 1 is 1.09 bits per heavy atom. The van der Waals surface area contributed by atoms with Gasteiger partial charge in [-0.25, -0.2) is 22.9 Å². The molecule has 0 radical (unpaired) electrons. The normalized spacial score (nSPS) is 14.8. The minimum atomic E-state index is -4.02. The van der Waals surface area contributed by atoms with Crippen LogP contribution in [0, 0.1) is 11.3 Å². The third-order valence-corrected chi connectivity index (χ3v) is 8.16. The van der Waals surface area contributed by atoms with E-state index in [0.717, 1.165) is 11.3 Å². The quantitative estimate of drug-likeness (QED) is 0.376. The molecule has 4 N–H and O–H groups in total. The van der Waals surface area contributed by atoms with Crippen molar-refractivity contribution >= 4 is 38.7 Å². The molecule has 0 unspecified atom stereocenters. The molecule has 1 heterocycles. The van der Waals surface area contributed by atoms with Crippen LogP contribution in [-0.4, -0.2) is 19.4 Å². The first-order chi connectivity index (χ1) is 16.9. The molecule has 1 fully saturated rings. The van der Waals surface area contributed by atoms with Gasteiger partial charge in [-0.3, -0.25) is 0 Å². The molecule has 4 rings (SSSR count). The second-order valence-corrected chi connectivity index (χ2v) is 10.8. The number of rotatable bonds is 7. The molecule has 0 atom stereocenters. The molecule has 1 aliphatic rings. The molecule has 0 saturated heterocycles. The Morgan fingerprint density at radius 2 is 1.77 bits per heavy atom. The van der Waals surface area contributed by atoms with Gasteiger partial charge in [-0.2, -0.15) is 5.26 Å². The third kappa shape index (κ3) is 6.07. The van der Waals surface area contributed by atoms with Gasteiger partial charge in [0.1, 0.15) is 16.6 Å². The van der Waals surface area contributed by atoms with Crippen molar-refractivity contribution in [2.24, 2.45) is 5.73 Å². The monoisotopic (exact) mass is 507 g/mol. The van der Waals surface area contributed by atoms with E-state index >= 15 is 0 Å². The molecule has 1 saturated carbocycles. The molecule has 0 aliphatic heterocycles. The van der Waals surface area contributed by atoms with Crippen molar-refractivity contribution in [2.75, 3.05) is 5.32 Å². The predicted molar refractivity (Wildman–Crippen MR) is 137 cm³/mol. The van der Waals surface area contributed by atoms with Crippen LogP contribution < -0.4 is 15.8 Å². The van der Waals surface area contributed by atoms with Crippen LogP contribution in [-0.2, 0) is 10.0 Å². The van der Waals surface area contributed by atoms with E-state index in [9.17, 15) is 18.5 Å².